The number of hydrogen-bond donors (Lipinski definition) is 2. The van der Waals surface area contributed by atoms with Crippen molar-refractivity contribution in [2.75, 3.05) is 47.0 Å². The van der Waals surface area contributed by atoms with Gasteiger partial charge in [0.1, 0.15) is 24.2 Å². The lowest BCUT2D eigenvalue weighted by Gasteiger charge is -2.37. The largest absolute Gasteiger partial charge is 0.465 e. The van der Waals surface area contributed by atoms with Crippen LogP contribution in [0.15, 0.2) is 30.3 Å². The van der Waals surface area contributed by atoms with Gasteiger partial charge in [0.25, 0.3) is 0 Å². The second-order valence-corrected chi connectivity index (χ2v) is 14.1. The Balaban J connectivity index is 2.34. The minimum Gasteiger partial charge on any atom is -0.465 e. The second kappa shape index (κ2) is 20.1. The molecule has 12 nitrogen and oxygen atoms in total. The smallest absolute Gasteiger partial charge is 0.308 e. The van der Waals surface area contributed by atoms with E-state index in [1.807, 2.05) is 58.0 Å². The molecule has 2 rings (SSSR count). The summed E-state index contributed by atoms with van der Waals surface area (Å²) in [5.74, 6) is -2.41. The Morgan fingerprint density at radius 1 is 0.833 bits per heavy atom. The number of esters is 1. The SMILES string of the molecule is CC(C)COC[C@H](N)C(=O)N(C)[C@@H](Cc1ccccc1)C(=O)N(C)[C@H](C(=O)N[C@@H](CC(=O)OCC(C)C)C(=O)N1CCCCC1)C(C)C. The molecule has 1 aliphatic rings. The van der Waals surface area contributed by atoms with Crippen LogP contribution in [0.1, 0.15) is 72.8 Å². The molecule has 4 amide bonds. The molecule has 1 aromatic carbocycles. The normalized spacial score (nSPS) is 15.9. The number of piperidine rings is 1. The Morgan fingerprint density at radius 2 is 1.44 bits per heavy atom. The van der Waals surface area contributed by atoms with Crippen molar-refractivity contribution in [3.8, 4) is 0 Å². The first kappa shape index (κ1) is 40.7. The molecule has 3 N–H and O–H groups in total. The van der Waals surface area contributed by atoms with Gasteiger partial charge in [0.2, 0.25) is 23.6 Å². The number of ether oxygens (including phenoxy) is 2. The highest BCUT2D eigenvalue weighted by atomic mass is 16.5. The first-order chi connectivity index (χ1) is 22.6. The van der Waals surface area contributed by atoms with Crippen LogP contribution < -0.4 is 11.1 Å². The summed E-state index contributed by atoms with van der Waals surface area (Å²) in [6.45, 7) is 13.2. The molecule has 1 aliphatic heterocycles. The van der Waals surface area contributed by atoms with E-state index in [0.29, 0.717) is 19.7 Å². The van der Waals surface area contributed by atoms with Crippen molar-refractivity contribution in [3.05, 3.63) is 35.9 Å². The van der Waals surface area contributed by atoms with Gasteiger partial charge in [-0.3, -0.25) is 24.0 Å². The van der Waals surface area contributed by atoms with Gasteiger partial charge in [0, 0.05) is 40.2 Å². The summed E-state index contributed by atoms with van der Waals surface area (Å²) >= 11 is 0. The first-order valence-electron chi connectivity index (χ1n) is 17.3. The lowest BCUT2D eigenvalue weighted by Crippen LogP contribution is -2.60. The number of carbonyl (C=O) groups is 5. The minimum atomic E-state index is -1.15. The molecule has 48 heavy (non-hydrogen) atoms. The standard InChI is InChI=1S/C36H59N5O7/c1-24(2)21-47-23-28(37)34(44)39(7)30(19-27-15-11-9-12-16-27)36(46)40(8)32(26(5)6)33(43)38-29(20-31(42)48-22-25(3)4)35(45)41-17-13-10-14-18-41/h9,11-12,15-16,24-26,28-30,32H,10,13-14,17-23,37H2,1-8H3,(H,38,43)/t28-,29-,30-,32-/m0/s1. The van der Waals surface area contributed by atoms with Crippen LogP contribution >= 0.6 is 0 Å². The van der Waals surface area contributed by atoms with Gasteiger partial charge in [-0.25, -0.2) is 0 Å². The van der Waals surface area contributed by atoms with E-state index in [-0.39, 0.29) is 49.7 Å². The van der Waals surface area contributed by atoms with Crippen LogP contribution in [0.25, 0.3) is 0 Å². The van der Waals surface area contributed by atoms with Gasteiger partial charge in [0.15, 0.2) is 0 Å². The lowest BCUT2D eigenvalue weighted by atomic mass is 9.97. The zero-order chi connectivity index (χ0) is 36.0. The van der Waals surface area contributed by atoms with Gasteiger partial charge < -0.3 is 35.2 Å². The van der Waals surface area contributed by atoms with Crippen LogP contribution in [0.5, 0.6) is 0 Å². The molecule has 0 aromatic heterocycles. The van der Waals surface area contributed by atoms with E-state index in [9.17, 15) is 24.0 Å². The molecule has 0 unspecified atom stereocenters. The number of nitrogens with two attached hydrogens (primary N) is 1. The Kier molecular flexibility index (Phi) is 17.0. The number of likely N-dealkylation sites (tertiary alicyclic amines) is 1. The summed E-state index contributed by atoms with van der Waals surface area (Å²) in [6, 6.07) is 5.19. The maximum atomic E-state index is 14.3. The van der Waals surface area contributed by atoms with Crippen LogP contribution in [-0.4, -0.2) is 115 Å². The molecule has 0 radical (unpaired) electrons. The van der Waals surface area contributed by atoms with E-state index in [0.717, 1.165) is 24.8 Å². The zero-order valence-electron chi connectivity index (χ0n) is 30.3. The molecule has 0 aliphatic carbocycles. The number of benzene rings is 1. The highest BCUT2D eigenvalue weighted by Crippen LogP contribution is 2.18. The monoisotopic (exact) mass is 673 g/mol. The third-order valence-electron chi connectivity index (χ3n) is 8.33. The van der Waals surface area contributed by atoms with Gasteiger partial charge in [-0.05, 0) is 42.6 Å². The third-order valence-corrected chi connectivity index (χ3v) is 8.33. The number of rotatable bonds is 18. The molecule has 1 heterocycles. The fraction of sp³-hybridized carbons (Fsp3) is 0.694. The molecule has 4 atom stereocenters. The molecular weight excluding hydrogens is 614 g/mol. The van der Waals surface area contributed by atoms with Gasteiger partial charge in [-0.2, -0.15) is 0 Å². The van der Waals surface area contributed by atoms with Crippen molar-refractivity contribution < 1.29 is 33.4 Å². The van der Waals surface area contributed by atoms with Gasteiger partial charge in [-0.15, -0.1) is 0 Å². The fourth-order valence-electron chi connectivity index (χ4n) is 5.72. The zero-order valence-corrected chi connectivity index (χ0v) is 30.3. The van der Waals surface area contributed by atoms with E-state index in [1.165, 1.54) is 23.9 Å². The van der Waals surface area contributed by atoms with Crippen molar-refractivity contribution in [3.63, 3.8) is 0 Å². The Labute approximate surface area is 287 Å². The first-order valence-corrected chi connectivity index (χ1v) is 17.3. The lowest BCUT2D eigenvalue weighted by molar-refractivity contribution is -0.151. The van der Waals surface area contributed by atoms with E-state index in [2.05, 4.69) is 5.32 Å². The van der Waals surface area contributed by atoms with E-state index in [4.69, 9.17) is 15.2 Å². The topological polar surface area (TPSA) is 152 Å². The molecule has 0 bridgehead atoms. The van der Waals surface area contributed by atoms with Gasteiger partial charge >= 0.3 is 5.97 Å². The molecule has 1 fully saturated rings. The predicted molar refractivity (Wildman–Crippen MR) is 185 cm³/mol. The Hall–Kier alpha value is -3.51. The van der Waals surface area contributed by atoms with Gasteiger partial charge in [0.05, 0.1) is 19.6 Å². The summed E-state index contributed by atoms with van der Waals surface area (Å²) in [6.07, 6.45) is 2.57. The molecule has 1 saturated heterocycles. The highest BCUT2D eigenvalue weighted by molar-refractivity contribution is 5.96. The molecular formula is C36H59N5O7. The third kappa shape index (κ3) is 12.8. The summed E-state index contributed by atoms with van der Waals surface area (Å²) in [5.41, 5.74) is 7.04. The minimum absolute atomic E-state index is 0.00645. The Morgan fingerprint density at radius 3 is 2.00 bits per heavy atom. The number of nitrogens with zero attached hydrogens (tertiary/aromatic N) is 3. The van der Waals surface area contributed by atoms with Crippen LogP contribution in [0.2, 0.25) is 0 Å². The number of carbonyl (C=O) groups excluding carboxylic acids is 5. The summed E-state index contributed by atoms with van der Waals surface area (Å²) in [7, 11) is 3.05. The van der Waals surface area contributed by atoms with E-state index < -0.39 is 47.9 Å². The van der Waals surface area contributed by atoms with Crippen LogP contribution in [0, 0.1) is 17.8 Å². The number of nitrogens with one attached hydrogen (secondary N) is 1. The predicted octanol–water partition coefficient (Wildman–Crippen LogP) is 2.63. The molecule has 0 spiro atoms. The van der Waals surface area contributed by atoms with Crippen molar-refractivity contribution in [1.29, 1.82) is 0 Å². The van der Waals surface area contributed by atoms with Crippen molar-refractivity contribution in [2.24, 2.45) is 23.5 Å². The number of hydrogen-bond acceptors (Lipinski definition) is 8. The van der Waals surface area contributed by atoms with Crippen LogP contribution in [-0.2, 0) is 39.9 Å². The molecule has 1 aromatic rings. The Bertz CT molecular complexity index is 1190. The van der Waals surface area contributed by atoms with Gasteiger partial charge in [-0.1, -0.05) is 71.9 Å². The average molecular weight is 674 g/mol. The summed E-state index contributed by atoms with van der Waals surface area (Å²) in [5, 5.41) is 2.80. The molecule has 270 valence electrons. The van der Waals surface area contributed by atoms with Crippen molar-refractivity contribution in [1.82, 2.24) is 20.0 Å². The molecule has 0 saturated carbocycles. The highest BCUT2D eigenvalue weighted by Gasteiger charge is 2.39. The number of likely N-dealkylation sites (N-methyl/N-ethyl adjacent to an activating group) is 2. The molecule has 12 heteroatoms. The van der Waals surface area contributed by atoms with E-state index in [1.54, 1.807) is 18.7 Å². The second-order valence-electron chi connectivity index (χ2n) is 14.1. The van der Waals surface area contributed by atoms with Crippen LogP contribution in [0.4, 0.5) is 0 Å². The maximum absolute atomic E-state index is 14.3. The number of amides is 4. The van der Waals surface area contributed by atoms with Crippen molar-refractivity contribution >= 4 is 29.6 Å². The summed E-state index contributed by atoms with van der Waals surface area (Å²) in [4.78, 5) is 72.5. The maximum Gasteiger partial charge on any atom is 0.308 e. The summed E-state index contributed by atoms with van der Waals surface area (Å²) < 4.78 is 11.0. The van der Waals surface area contributed by atoms with Crippen molar-refractivity contribution in [2.45, 2.75) is 97.8 Å². The van der Waals surface area contributed by atoms with Crippen LogP contribution in [0.3, 0.4) is 0 Å². The average Bonchev–Trinajstić information content (AvgIpc) is 3.05. The van der Waals surface area contributed by atoms with E-state index >= 15 is 0 Å². The quantitative estimate of drug-likeness (QED) is 0.226. The fourth-order valence-corrected chi connectivity index (χ4v) is 5.72.